The van der Waals surface area contributed by atoms with Crippen LogP contribution in [0, 0.1) is 5.82 Å². The quantitative estimate of drug-likeness (QED) is 0.887. The van der Waals surface area contributed by atoms with E-state index in [4.69, 9.17) is 0 Å². The number of halogens is 1. The zero-order valence-corrected chi connectivity index (χ0v) is 15.5. The van der Waals surface area contributed by atoms with Crippen LogP contribution >= 0.6 is 0 Å². The summed E-state index contributed by atoms with van der Waals surface area (Å²) in [6.07, 6.45) is 1.77. The summed E-state index contributed by atoms with van der Waals surface area (Å²) >= 11 is 0. The lowest BCUT2D eigenvalue weighted by atomic mass is 10.0. The first-order chi connectivity index (χ1) is 12.6. The molecular formula is C21H26FN3O. The van der Waals surface area contributed by atoms with Crippen molar-refractivity contribution in [3.63, 3.8) is 0 Å². The summed E-state index contributed by atoms with van der Waals surface area (Å²) < 4.78 is 13.4. The predicted octanol–water partition coefficient (Wildman–Crippen LogP) is 4.30. The second-order valence-corrected chi connectivity index (χ2v) is 6.54. The summed E-state index contributed by atoms with van der Waals surface area (Å²) in [5.74, 6) is -0.231. The topological polar surface area (TPSA) is 35.6 Å². The molecule has 0 aromatic heterocycles. The zero-order valence-electron chi connectivity index (χ0n) is 15.5. The number of benzene rings is 2. The lowest BCUT2D eigenvalue weighted by Gasteiger charge is -2.36. The number of carbonyl (C=O) groups excluding carboxylic acids is 1. The van der Waals surface area contributed by atoms with Crippen LogP contribution in [-0.2, 0) is 12.8 Å². The molecule has 0 saturated carbocycles. The number of piperazine rings is 1. The molecule has 26 heavy (non-hydrogen) atoms. The lowest BCUT2D eigenvalue weighted by molar-refractivity contribution is 0.208. The van der Waals surface area contributed by atoms with E-state index in [2.05, 4.69) is 36.2 Å². The number of amides is 2. The number of aryl methyl sites for hydroxylation is 2. The van der Waals surface area contributed by atoms with Gasteiger partial charge < -0.3 is 15.1 Å². The Bertz CT molecular complexity index is 747. The summed E-state index contributed by atoms with van der Waals surface area (Å²) in [5.41, 5.74) is 4.15. The van der Waals surface area contributed by atoms with E-state index in [9.17, 15) is 9.18 Å². The molecule has 138 valence electrons. The zero-order chi connectivity index (χ0) is 18.5. The highest BCUT2D eigenvalue weighted by Gasteiger charge is 2.22. The van der Waals surface area contributed by atoms with Crippen molar-refractivity contribution < 1.29 is 9.18 Å². The number of nitrogens with zero attached hydrogens (tertiary/aromatic N) is 2. The molecule has 2 aromatic carbocycles. The molecule has 1 aliphatic rings. The smallest absolute Gasteiger partial charge is 0.321 e. The van der Waals surface area contributed by atoms with Crippen LogP contribution in [0.1, 0.15) is 25.0 Å². The van der Waals surface area contributed by atoms with Gasteiger partial charge in [0, 0.05) is 37.6 Å². The van der Waals surface area contributed by atoms with Crippen LogP contribution in [0.15, 0.2) is 42.5 Å². The summed E-state index contributed by atoms with van der Waals surface area (Å²) in [4.78, 5) is 16.7. The van der Waals surface area contributed by atoms with Gasteiger partial charge in [0.1, 0.15) is 5.82 Å². The predicted molar refractivity (Wildman–Crippen MR) is 104 cm³/mol. The van der Waals surface area contributed by atoms with Gasteiger partial charge in [0.2, 0.25) is 0 Å². The second kappa shape index (κ2) is 8.21. The van der Waals surface area contributed by atoms with Gasteiger partial charge in [-0.05, 0) is 42.2 Å². The molecule has 1 aliphatic heterocycles. The number of urea groups is 1. The maximum Gasteiger partial charge on any atom is 0.321 e. The van der Waals surface area contributed by atoms with Gasteiger partial charge in [0.05, 0.1) is 0 Å². The summed E-state index contributed by atoms with van der Waals surface area (Å²) in [6, 6.07) is 12.7. The number of nitrogens with one attached hydrogen (secondary N) is 1. The van der Waals surface area contributed by atoms with Gasteiger partial charge in [-0.25, -0.2) is 9.18 Å². The van der Waals surface area contributed by atoms with E-state index in [0.29, 0.717) is 26.2 Å². The van der Waals surface area contributed by atoms with Crippen LogP contribution in [0.2, 0.25) is 0 Å². The van der Waals surface area contributed by atoms with Crippen LogP contribution in [-0.4, -0.2) is 37.1 Å². The molecule has 1 N–H and O–H groups in total. The van der Waals surface area contributed by atoms with Gasteiger partial charge in [-0.1, -0.05) is 38.1 Å². The number of para-hydroxylation sites is 1. The Hall–Kier alpha value is -2.56. The highest BCUT2D eigenvalue weighted by Crippen LogP contribution is 2.24. The first kappa shape index (κ1) is 18.2. The van der Waals surface area contributed by atoms with Crippen LogP contribution in [0.25, 0.3) is 0 Å². The highest BCUT2D eigenvalue weighted by atomic mass is 19.1. The molecule has 1 heterocycles. The van der Waals surface area contributed by atoms with Crippen LogP contribution < -0.4 is 10.2 Å². The van der Waals surface area contributed by atoms with E-state index >= 15 is 0 Å². The summed E-state index contributed by atoms with van der Waals surface area (Å²) in [6.45, 7) is 6.85. The highest BCUT2D eigenvalue weighted by molar-refractivity contribution is 5.91. The minimum Gasteiger partial charge on any atom is -0.368 e. The third kappa shape index (κ3) is 3.98. The van der Waals surface area contributed by atoms with E-state index < -0.39 is 0 Å². The van der Waals surface area contributed by atoms with E-state index in [0.717, 1.165) is 35.3 Å². The molecule has 1 fully saturated rings. The van der Waals surface area contributed by atoms with Crippen molar-refractivity contribution in [1.29, 1.82) is 0 Å². The second-order valence-electron chi connectivity index (χ2n) is 6.54. The maximum absolute atomic E-state index is 13.4. The van der Waals surface area contributed by atoms with Crippen molar-refractivity contribution in [2.24, 2.45) is 0 Å². The largest absolute Gasteiger partial charge is 0.368 e. The number of rotatable bonds is 4. The molecule has 0 spiro atoms. The van der Waals surface area contributed by atoms with Crippen molar-refractivity contribution in [3.8, 4) is 0 Å². The normalized spacial score (nSPS) is 14.4. The fraction of sp³-hybridized carbons (Fsp3) is 0.381. The Morgan fingerprint density at radius 3 is 2.19 bits per heavy atom. The van der Waals surface area contributed by atoms with Gasteiger partial charge in [-0.15, -0.1) is 0 Å². The minimum atomic E-state index is -0.231. The first-order valence-electron chi connectivity index (χ1n) is 9.29. The lowest BCUT2D eigenvalue weighted by Crippen LogP contribution is -2.50. The molecule has 4 nitrogen and oxygen atoms in total. The summed E-state index contributed by atoms with van der Waals surface area (Å²) in [7, 11) is 0. The Kier molecular flexibility index (Phi) is 5.76. The number of carbonyl (C=O) groups is 1. The molecular weight excluding hydrogens is 329 g/mol. The summed E-state index contributed by atoms with van der Waals surface area (Å²) in [5, 5.41) is 3.12. The van der Waals surface area contributed by atoms with Crippen molar-refractivity contribution >= 4 is 17.4 Å². The van der Waals surface area contributed by atoms with Crippen molar-refractivity contribution in [2.75, 3.05) is 36.4 Å². The van der Waals surface area contributed by atoms with Crippen LogP contribution in [0.3, 0.4) is 0 Å². The Morgan fingerprint density at radius 1 is 1.00 bits per heavy atom. The third-order valence-corrected chi connectivity index (χ3v) is 4.97. The van der Waals surface area contributed by atoms with Crippen molar-refractivity contribution in [3.05, 3.63) is 59.4 Å². The average Bonchev–Trinajstić information content (AvgIpc) is 2.68. The van der Waals surface area contributed by atoms with Gasteiger partial charge >= 0.3 is 6.03 Å². The molecule has 2 aromatic rings. The fourth-order valence-corrected chi connectivity index (χ4v) is 3.43. The molecule has 5 heteroatoms. The molecule has 2 amide bonds. The van der Waals surface area contributed by atoms with Crippen molar-refractivity contribution in [1.82, 2.24) is 4.90 Å². The molecule has 0 atom stereocenters. The Labute approximate surface area is 154 Å². The average molecular weight is 355 g/mol. The van der Waals surface area contributed by atoms with Crippen LogP contribution in [0.4, 0.5) is 20.6 Å². The molecule has 0 unspecified atom stereocenters. The molecule has 0 radical (unpaired) electrons. The van der Waals surface area contributed by atoms with E-state index in [-0.39, 0.29) is 11.8 Å². The number of hydrogen-bond acceptors (Lipinski definition) is 2. The minimum absolute atomic E-state index is 0.0560. The molecule has 0 aliphatic carbocycles. The van der Waals surface area contributed by atoms with E-state index in [1.807, 2.05) is 17.0 Å². The van der Waals surface area contributed by atoms with E-state index in [1.54, 1.807) is 12.1 Å². The van der Waals surface area contributed by atoms with Gasteiger partial charge in [-0.2, -0.15) is 0 Å². The number of hydrogen-bond donors (Lipinski definition) is 1. The molecule has 1 saturated heterocycles. The third-order valence-electron chi connectivity index (χ3n) is 4.97. The van der Waals surface area contributed by atoms with Gasteiger partial charge in [-0.3, -0.25) is 0 Å². The maximum atomic E-state index is 13.4. The first-order valence-corrected chi connectivity index (χ1v) is 9.29. The molecule has 3 rings (SSSR count). The standard InChI is InChI=1S/C21H26FN3O/c1-3-16-7-5-8-17(4-2)20(16)23-21(26)25-13-11-24(12-14-25)19-10-6-9-18(22)15-19/h5-10,15H,3-4,11-14H2,1-2H3,(H,23,26). The fourth-order valence-electron chi connectivity index (χ4n) is 3.43. The SMILES string of the molecule is CCc1cccc(CC)c1NC(=O)N1CCN(c2cccc(F)c2)CC1. The number of anilines is 2. The van der Waals surface area contributed by atoms with Crippen molar-refractivity contribution in [2.45, 2.75) is 26.7 Å². The Morgan fingerprint density at radius 2 is 1.62 bits per heavy atom. The van der Waals surface area contributed by atoms with E-state index in [1.165, 1.54) is 6.07 Å². The molecule has 0 bridgehead atoms. The van der Waals surface area contributed by atoms with Gasteiger partial charge in [0.25, 0.3) is 0 Å². The van der Waals surface area contributed by atoms with Crippen LogP contribution in [0.5, 0.6) is 0 Å². The Balaban J connectivity index is 1.64. The monoisotopic (exact) mass is 355 g/mol. The van der Waals surface area contributed by atoms with Gasteiger partial charge in [0.15, 0.2) is 0 Å².